The number of rotatable bonds is 7. The smallest absolute Gasteiger partial charge is 0.325 e. The van der Waals surface area contributed by atoms with E-state index >= 15 is 0 Å². The molecule has 0 saturated carbocycles. The van der Waals surface area contributed by atoms with Crippen molar-refractivity contribution in [3.05, 3.63) is 60.2 Å². The Morgan fingerprint density at radius 1 is 0.966 bits per heavy atom. The van der Waals surface area contributed by atoms with Crippen LogP contribution in [0.25, 0.3) is 0 Å². The molecule has 1 saturated heterocycles. The normalized spacial score (nSPS) is 13.1. The van der Waals surface area contributed by atoms with E-state index in [9.17, 15) is 19.2 Å². The lowest BCUT2D eigenvalue weighted by Crippen LogP contribution is -2.37. The van der Waals surface area contributed by atoms with Gasteiger partial charge in [-0.05, 0) is 42.8 Å². The molecular formula is C21H20N2O6. The fourth-order valence-electron chi connectivity index (χ4n) is 2.74. The van der Waals surface area contributed by atoms with Gasteiger partial charge in [0.05, 0.1) is 0 Å². The number of hydrogen-bond acceptors (Lipinski definition) is 6. The highest BCUT2D eigenvalue weighted by Gasteiger charge is 2.26. The molecule has 0 aliphatic carbocycles. The molecule has 150 valence electrons. The van der Waals surface area contributed by atoms with Gasteiger partial charge < -0.3 is 14.8 Å². The average molecular weight is 396 g/mol. The molecule has 8 nitrogen and oxygen atoms in total. The van der Waals surface area contributed by atoms with Crippen molar-refractivity contribution in [3.63, 3.8) is 0 Å². The highest BCUT2D eigenvalue weighted by Crippen LogP contribution is 2.21. The largest absolute Gasteiger partial charge is 0.457 e. The standard InChI is InChI=1S/C21H20N2O6/c24-18-7-4-12-23(18)19(25)14-28-20(26)13-22-21(27)15-8-10-17(11-9-15)29-16-5-2-1-3-6-16/h1-3,5-6,8-11H,4,7,12-14H2,(H,22,27). The van der Waals surface area contributed by atoms with Gasteiger partial charge in [-0.25, -0.2) is 0 Å². The third-order valence-electron chi connectivity index (χ3n) is 4.22. The second kappa shape index (κ2) is 9.50. The van der Waals surface area contributed by atoms with Crippen LogP contribution in [0.3, 0.4) is 0 Å². The first-order chi connectivity index (χ1) is 14.0. The Hall–Kier alpha value is -3.68. The number of hydrogen-bond donors (Lipinski definition) is 1. The molecule has 0 bridgehead atoms. The van der Waals surface area contributed by atoms with Crippen LogP contribution in [0.15, 0.2) is 54.6 Å². The number of likely N-dealkylation sites (tertiary alicyclic amines) is 1. The monoisotopic (exact) mass is 396 g/mol. The summed E-state index contributed by atoms with van der Waals surface area (Å²) >= 11 is 0. The number of amides is 3. The zero-order valence-corrected chi connectivity index (χ0v) is 15.6. The Labute approximate surface area is 167 Å². The molecule has 8 heteroatoms. The van der Waals surface area contributed by atoms with Crippen molar-refractivity contribution in [1.82, 2.24) is 10.2 Å². The number of nitrogens with zero attached hydrogens (tertiary/aromatic N) is 1. The Morgan fingerprint density at radius 2 is 1.66 bits per heavy atom. The van der Waals surface area contributed by atoms with E-state index in [1.165, 1.54) is 0 Å². The topological polar surface area (TPSA) is 102 Å². The van der Waals surface area contributed by atoms with E-state index in [1.54, 1.807) is 24.3 Å². The van der Waals surface area contributed by atoms with E-state index in [2.05, 4.69) is 5.32 Å². The van der Waals surface area contributed by atoms with Gasteiger partial charge in [-0.3, -0.25) is 24.1 Å². The van der Waals surface area contributed by atoms with E-state index in [-0.39, 0.29) is 12.5 Å². The molecule has 0 unspecified atom stereocenters. The average Bonchev–Trinajstić information content (AvgIpc) is 3.17. The van der Waals surface area contributed by atoms with E-state index in [1.807, 2.05) is 30.3 Å². The molecule has 1 fully saturated rings. The van der Waals surface area contributed by atoms with Gasteiger partial charge in [0.2, 0.25) is 5.91 Å². The molecule has 1 aliphatic heterocycles. The van der Waals surface area contributed by atoms with E-state index < -0.39 is 24.4 Å². The summed E-state index contributed by atoms with van der Waals surface area (Å²) in [6.07, 6.45) is 0.939. The summed E-state index contributed by atoms with van der Waals surface area (Å²) in [5.41, 5.74) is 0.344. The minimum atomic E-state index is -0.762. The van der Waals surface area contributed by atoms with E-state index in [0.717, 1.165) is 4.90 Å². The summed E-state index contributed by atoms with van der Waals surface area (Å²) in [5, 5.41) is 2.42. The lowest BCUT2D eigenvalue weighted by atomic mass is 10.2. The van der Waals surface area contributed by atoms with Crippen LogP contribution in [-0.4, -0.2) is 48.3 Å². The third kappa shape index (κ3) is 5.65. The number of nitrogens with one attached hydrogen (secondary N) is 1. The van der Waals surface area contributed by atoms with Gasteiger partial charge in [0, 0.05) is 18.5 Å². The third-order valence-corrected chi connectivity index (χ3v) is 4.22. The van der Waals surface area contributed by atoms with Crippen molar-refractivity contribution in [1.29, 1.82) is 0 Å². The molecule has 2 aromatic carbocycles. The number of carbonyl (C=O) groups is 4. The molecule has 0 atom stereocenters. The van der Waals surface area contributed by atoms with Crippen LogP contribution in [0.4, 0.5) is 0 Å². The van der Waals surface area contributed by atoms with Crippen LogP contribution < -0.4 is 10.1 Å². The molecular weight excluding hydrogens is 376 g/mol. The molecule has 0 aromatic heterocycles. The molecule has 0 radical (unpaired) electrons. The van der Waals surface area contributed by atoms with Gasteiger partial charge >= 0.3 is 5.97 Å². The molecule has 1 aliphatic rings. The number of carbonyl (C=O) groups excluding carboxylic acids is 4. The molecule has 0 spiro atoms. The number of ether oxygens (including phenoxy) is 2. The number of para-hydroxylation sites is 1. The van der Waals surface area contributed by atoms with E-state index in [4.69, 9.17) is 9.47 Å². The van der Waals surface area contributed by atoms with Gasteiger partial charge in [-0.1, -0.05) is 18.2 Å². The number of benzene rings is 2. The second-order valence-electron chi connectivity index (χ2n) is 6.33. The molecule has 1 heterocycles. The summed E-state index contributed by atoms with van der Waals surface area (Å²) in [6.45, 7) is -0.565. The SMILES string of the molecule is O=C(CNC(=O)c1ccc(Oc2ccccc2)cc1)OCC(=O)N1CCCC1=O. The zero-order valence-electron chi connectivity index (χ0n) is 15.6. The molecule has 2 aromatic rings. The first-order valence-electron chi connectivity index (χ1n) is 9.13. The van der Waals surface area contributed by atoms with Gasteiger partial charge in [-0.2, -0.15) is 0 Å². The number of esters is 1. The van der Waals surface area contributed by atoms with Crippen molar-refractivity contribution in [2.24, 2.45) is 0 Å². The summed E-state index contributed by atoms with van der Waals surface area (Å²) in [5.74, 6) is -0.795. The maximum absolute atomic E-state index is 12.1. The Kier molecular flexibility index (Phi) is 6.57. The summed E-state index contributed by atoms with van der Waals surface area (Å²) in [7, 11) is 0. The van der Waals surface area contributed by atoms with Gasteiger partial charge in [0.15, 0.2) is 6.61 Å². The molecule has 29 heavy (non-hydrogen) atoms. The van der Waals surface area contributed by atoms with Crippen molar-refractivity contribution in [2.75, 3.05) is 19.7 Å². The van der Waals surface area contributed by atoms with Gasteiger partial charge in [-0.15, -0.1) is 0 Å². The maximum atomic E-state index is 12.1. The fourth-order valence-corrected chi connectivity index (χ4v) is 2.74. The first-order valence-corrected chi connectivity index (χ1v) is 9.13. The van der Waals surface area contributed by atoms with Crippen molar-refractivity contribution in [2.45, 2.75) is 12.8 Å². The highest BCUT2D eigenvalue weighted by molar-refractivity contribution is 5.98. The van der Waals surface area contributed by atoms with Crippen LogP contribution in [-0.2, 0) is 19.1 Å². The molecule has 3 amide bonds. The van der Waals surface area contributed by atoms with Crippen LogP contribution in [0, 0.1) is 0 Å². The predicted octanol–water partition coefficient (Wildman–Crippen LogP) is 1.90. The van der Waals surface area contributed by atoms with E-state index in [0.29, 0.717) is 36.4 Å². The minimum Gasteiger partial charge on any atom is -0.457 e. The minimum absolute atomic E-state index is 0.265. The van der Waals surface area contributed by atoms with Crippen LogP contribution in [0.2, 0.25) is 0 Å². The van der Waals surface area contributed by atoms with Gasteiger partial charge in [0.25, 0.3) is 11.8 Å². The molecule has 3 rings (SSSR count). The predicted molar refractivity (Wildman–Crippen MR) is 102 cm³/mol. The summed E-state index contributed by atoms with van der Waals surface area (Å²) in [4.78, 5) is 48.2. The lowest BCUT2D eigenvalue weighted by molar-refractivity contribution is -0.154. The van der Waals surface area contributed by atoms with Crippen molar-refractivity contribution >= 4 is 23.7 Å². The van der Waals surface area contributed by atoms with Crippen LogP contribution in [0.5, 0.6) is 11.5 Å². The Balaban J connectivity index is 1.42. The summed E-state index contributed by atoms with van der Waals surface area (Å²) in [6, 6.07) is 15.7. The van der Waals surface area contributed by atoms with Crippen molar-refractivity contribution < 1.29 is 28.7 Å². The number of imide groups is 1. The zero-order chi connectivity index (χ0) is 20.6. The van der Waals surface area contributed by atoms with Crippen LogP contribution >= 0.6 is 0 Å². The highest BCUT2D eigenvalue weighted by atomic mass is 16.5. The van der Waals surface area contributed by atoms with Crippen molar-refractivity contribution in [3.8, 4) is 11.5 Å². The first kappa shape index (κ1) is 20.1. The Morgan fingerprint density at radius 3 is 2.31 bits per heavy atom. The van der Waals surface area contributed by atoms with Gasteiger partial charge in [0.1, 0.15) is 18.0 Å². The molecule has 1 N–H and O–H groups in total. The quantitative estimate of drug-likeness (QED) is 0.718. The Bertz CT molecular complexity index is 895. The van der Waals surface area contributed by atoms with Crippen LogP contribution in [0.1, 0.15) is 23.2 Å². The fraction of sp³-hybridized carbons (Fsp3) is 0.238. The maximum Gasteiger partial charge on any atom is 0.325 e. The summed E-state index contributed by atoms with van der Waals surface area (Å²) < 4.78 is 10.5. The lowest BCUT2D eigenvalue weighted by Gasteiger charge is -2.13. The second-order valence-corrected chi connectivity index (χ2v) is 6.33.